The molecule has 364 valence electrons. The molecule has 0 radical (unpaired) electrons. The Balaban J connectivity index is 0.928. The first-order valence-electron chi connectivity index (χ1n) is 27.2. The van der Waals surface area contributed by atoms with E-state index in [-0.39, 0.29) is 36.8 Å². The quantitative estimate of drug-likeness (QED) is 0.0379. The zero-order valence-electron chi connectivity index (χ0n) is 42.0. The normalized spacial score (nSPS) is 29.6. The van der Waals surface area contributed by atoms with E-state index in [1.54, 1.807) is 5.57 Å². The van der Waals surface area contributed by atoms with E-state index in [1.807, 2.05) is 0 Å². The van der Waals surface area contributed by atoms with Gasteiger partial charge in [-0.1, -0.05) is 142 Å². The van der Waals surface area contributed by atoms with Crippen LogP contribution in [0, 0.1) is 46.3 Å². The van der Waals surface area contributed by atoms with E-state index >= 15 is 0 Å². The summed E-state index contributed by atoms with van der Waals surface area (Å²) < 4.78 is 29.9. The average Bonchev–Trinajstić information content (AvgIpc) is 3.64. The molecule has 4 aliphatic carbocycles. The molecule has 0 aromatic carbocycles. The summed E-state index contributed by atoms with van der Waals surface area (Å²) in [7, 11) is 0. The maximum absolute atomic E-state index is 12.9. The Bertz CT molecular complexity index is 1310. The van der Waals surface area contributed by atoms with Crippen molar-refractivity contribution in [2.24, 2.45) is 46.3 Å². The molecule has 1 heterocycles. The number of hydrogen-bond acceptors (Lipinski definition) is 7. The van der Waals surface area contributed by atoms with Crippen LogP contribution in [0.2, 0.25) is 0 Å². The number of carbonyl (C=O) groups is 1. The van der Waals surface area contributed by atoms with E-state index in [0.29, 0.717) is 18.6 Å². The van der Waals surface area contributed by atoms with Crippen LogP contribution in [-0.2, 0) is 28.5 Å². The number of rotatable bonds is 32. The minimum atomic E-state index is -0.286. The average molecular weight is 882 g/mol. The molecule has 63 heavy (non-hydrogen) atoms. The van der Waals surface area contributed by atoms with Gasteiger partial charge in [0.25, 0.3) is 0 Å². The second kappa shape index (κ2) is 28.8. The van der Waals surface area contributed by atoms with Gasteiger partial charge in [-0.15, -0.1) is 0 Å². The molecule has 5 rings (SSSR count). The van der Waals surface area contributed by atoms with Crippen LogP contribution >= 0.6 is 0 Å². The minimum Gasteiger partial charge on any atom is -0.462 e. The molecule has 0 amide bonds. The van der Waals surface area contributed by atoms with Crippen molar-refractivity contribution in [1.82, 2.24) is 4.90 Å². The van der Waals surface area contributed by atoms with Crippen molar-refractivity contribution in [3.63, 3.8) is 0 Å². The molecule has 0 bridgehead atoms. The Morgan fingerprint density at radius 2 is 1.52 bits per heavy atom. The van der Waals surface area contributed by atoms with Crippen LogP contribution < -0.4 is 0 Å². The highest BCUT2D eigenvalue weighted by Gasteiger charge is 2.59. The van der Waals surface area contributed by atoms with Crippen LogP contribution in [0.4, 0.5) is 0 Å². The number of allylic oxidation sites excluding steroid dienone is 3. The predicted molar refractivity (Wildman–Crippen MR) is 261 cm³/mol. The summed E-state index contributed by atoms with van der Waals surface area (Å²) in [4.78, 5) is 15.3. The van der Waals surface area contributed by atoms with Gasteiger partial charge in [0.1, 0.15) is 13.2 Å². The number of unbranched alkanes of at least 4 members (excludes halogenated alkanes) is 12. The minimum absolute atomic E-state index is 0.0224. The number of morpholine rings is 1. The lowest BCUT2D eigenvalue weighted by Gasteiger charge is -2.58. The van der Waals surface area contributed by atoms with Crippen molar-refractivity contribution in [2.45, 2.75) is 214 Å². The molecule has 0 aromatic heterocycles. The van der Waals surface area contributed by atoms with Crippen molar-refractivity contribution in [3.8, 4) is 0 Å². The van der Waals surface area contributed by atoms with E-state index in [0.717, 1.165) is 94.2 Å². The molecule has 1 aliphatic heterocycles. The maximum Gasteiger partial charge on any atom is 0.332 e. The molecule has 0 N–H and O–H groups in total. The highest BCUT2D eigenvalue weighted by atomic mass is 16.6. The Kier molecular flexibility index (Phi) is 24.1. The van der Waals surface area contributed by atoms with Crippen molar-refractivity contribution in [3.05, 3.63) is 23.8 Å². The largest absolute Gasteiger partial charge is 0.462 e. The van der Waals surface area contributed by atoms with Crippen molar-refractivity contribution >= 4 is 5.97 Å². The van der Waals surface area contributed by atoms with Crippen LogP contribution in [-0.4, -0.2) is 89.0 Å². The molecule has 5 aliphatic rings. The van der Waals surface area contributed by atoms with E-state index in [1.165, 1.54) is 141 Å². The third-order valence-corrected chi connectivity index (χ3v) is 17.1. The summed E-state index contributed by atoms with van der Waals surface area (Å²) in [6.45, 7) is 21.0. The molecule has 0 spiro atoms. The highest BCUT2D eigenvalue weighted by Crippen LogP contribution is 2.67. The van der Waals surface area contributed by atoms with E-state index in [4.69, 9.17) is 23.7 Å². The molecule has 4 fully saturated rings. The molecule has 1 saturated heterocycles. The lowest BCUT2D eigenvalue weighted by molar-refractivity contribution is -0.154. The molecule has 7 heteroatoms. The van der Waals surface area contributed by atoms with Crippen molar-refractivity contribution in [1.29, 1.82) is 0 Å². The Morgan fingerprint density at radius 1 is 0.810 bits per heavy atom. The fraction of sp³-hybridized carbons (Fsp3) is 0.911. The number of fused-ring (bicyclic) bond motifs is 5. The van der Waals surface area contributed by atoms with Crippen LogP contribution in [0.3, 0.4) is 0 Å². The lowest BCUT2D eigenvalue weighted by Crippen LogP contribution is -2.51. The smallest absolute Gasteiger partial charge is 0.332 e. The maximum atomic E-state index is 12.9. The van der Waals surface area contributed by atoms with Crippen LogP contribution in [0.25, 0.3) is 0 Å². The summed E-state index contributed by atoms with van der Waals surface area (Å²) in [6.07, 6.45) is 40.1. The van der Waals surface area contributed by atoms with Gasteiger partial charge in [0.05, 0.1) is 38.6 Å². The topological polar surface area (TPSA) is 66.5 Å². The van der Waals surface area contributed by atoms with Gasteiger partial charge in [-0.2, -0.15) is 0 Å². The number of nitrogens with zero attached hydrogens (tertiary/aromatic N) is 1. The van der Waals surface area contributed by atoms with Crippen LogP contribution in [0.5, 0.6) is 0 Å². The van der Waals surface area contributed by atoms with Crippen LogP contribution in [0.1, 0.15) is 202 Å². The predicted octanol–water partition coefficient (Wildman–Crippen LogP) is 13.7. The monoisotopic (exact) mass is 882 g/mol. The van der Waals surface area contributed by atoms with Gasteiger partial charge >= 0.3 is 5.97 Å². The molecule has 7 nitrogen and oxygen atoms in total. The van der Waals surface area contributed by atoms with Crippen molar-refractivity contribution in [2.75, 3.05) is 65.9 Å². The van der Waals surface area contributed by atoms with Gasteiger partial charge in [-0.05, 0) is 130 Å². The van der Waals surface area contributed by atoms with Gasteiger partial charge in [-0.3, -0.25) is 4.90 Å². The molecular formula is C56H99NO6. The summed E-state index contributed by atoms with van der Waals surface area (Å²) in [5.41, 5.74) is 2.42. The molecular weight excluding hydrogens is 783 g/mol. The summed E-state index contributed by atoms with van der Waals surface area (Å²) in [5, 5.41) is 0. The van der Waals surface area contributed by atoms with Crippen molar-refractivity contribution < 1.29 is 28.5 Å². The first kappa shape index (κ1) is 52.7. The summed E-state index contributed by atoms with van der Waals surface area (Å²) in [6, 6.07) is 0. The first-order valence-corrected chi connectivity index (χ1v) is 27.2. The number of carbonyl (C=O) groups excluding carboxylic acids is 1. The third-order valence-electron chi connectivity index (χ3n) is 17.1. The van der Waals surface area contributed by atoms with Gasteiger partial charge < -0.3 is 23.7 Å². The second-order valence-corrected chi connectivity index (χ2v) is 22.1. The van der Waals surface area contributed by atoms with Gasteiger partial charge in [-0.25, -0.2) is 4.79 Å². The number of esters is 1. The lowest BCUT2D eigenvalue weighted by atomic mass is 9.47. The van der Waals surface area contributed by atoms with Gasteiger partial charge in [0, 0.05) is 26.2 Å². The first-order chi connectivity index (χ1) is 30.6. The Hall–Kier alpha value is -1.25. The fourth-order valence-corrected chi connectivity index (χ4v) is 13.3. The summed E-state index contributed by atoms with van der Waals surface area (Å²) >= 11 is 0. The fourth-order valence-electron chi connectivity index (χ4n) is 13.3. The van der Waals surface area contributed by atoms with Crippen LogP contribution in [0.15, 0.2) is 23.8 Å². The highest BCUT2D eigenvalue weighted by molar-refractivity contribution is 5.70. The molecule has 9 atom stereocenters. The molecule has 3 saturated carbocycles. The zero-order chi connectivity index (χ0) is 44.8. The van der Waals surface area contributed by atoms with E-state index in [2.05, 4.69) is 64.7 Å². The Morgan fingerprint density at radius 3 is 2.25 bits per heavy atom. The SMILES string of the molecule is CCCCCCCC/C=C\CCCCCCCCOCC(CN1CCOCC1)OCCOC(=O)CO[C@H]1CC[C@@]2(C)C(=CCC3[C@@H]2CC[C@]2(C)C([C@H](C)CCCC(C)C)CC[C@@H]32)C1. The summed E-state index contributed by atoms with van der Waals surface area (Å²) in [5.74, 6) is 4.80. The van der Waals surface area contributed by atoms with E-state index < -0.39 is 0 Å². The Labute approximate surface area is 388 Å². The van der Waals surface area contributed by atoms with Gasteiger partial charge in [0.15, 0.2) is 0 Å². The molecule has 3 unspecified atom stereocenters. The number of hydrogen-bond donors (Lipinski definition) is 0. The second-order valence-electron chi connectivity index (χ2n) is 22.1. The number of ether oxygens (including phenoxy) is 5. The third kappa shape index (κ3) is 17.1. The van der Waals surface area contributed by atoms with Gasteiger partial charge in [0.2, 0.25) is 0 Å². The van der Waals surface area contributed by atoms with E-state index in [9.17, 15) is 4.79 Å². The molecule has 0 aromatic rings. The zero-order valence-corrected chi connectivity index (χ0v) is 42.0. The standard InChI is InChI=1S/C56H99NO6/c1-7-8-9-10-11-12-13-14-15-16-17-18-19-20-21-22-36-60-43-49(42-57-34-37-59-38-35-57)61-39-40-62-54(58)44-63-48-30-32-55(5)47(41-48)26-27-50-52-29-28-51(46(4)25-23-24-45(2)3)56(52,6)33-31-53(50)55/h14-15,26,45-46,48-53H,7-13,16-25,27-44H2,1-6H3/b15-14-/t46-,48+,49?,50?,51?,52+,53+,55+,56-/m1/s1.